The molecule has 2 saturated heterocycles. The summed E-state index contributed by atoms with van der Waals surface area (Å²) in [7, 11) is -2.01. The molecule has 0 saturated carbocycles. The lowest BCUT2D eigenvalue weighted by Crippen LogP contribution is -2.60. The molecule has 0 amide bonds. The Hall–Kier alpha value is -2.35. The van der Waals surface area contributed by atoms with Gasteiger partial charge >= 0.3 is 0 Å². The Kier molecular flexibility index (Phi) is 7.41. The van der Waals surface area contributed by atoms with Crippen LogP contribution >= 0.6 is 0 Å². The predicted octanol–water partition coefficient (Wildman–Crippen LogP) is 1.95. The summed E-state index contributed by atoms with van der Waals surface area (Å²) in [5, 5.41) is 8.90. The third-order valence-corrected chi connectivity index (χ3v) is 8.16. The quantitative estimate of drug-likeness (QED) is 0.585. The van der Waals surface area contributed by atoms with Gasteiger partial charge in [-0.05, 0) is 48.4 Å². The maximum absolute atomic E-state index is 13.1. The molecule has 2 aliphatic rings. The van der Waals surface area contributed by atoms with Gasteiger partial charge in [-0.2, -0.15) is 9.57 Å². The van der Waals surface area contributed by atoms with E-state index in [1.165, 1.54) is 40.7 Å². The van der Waals surface area contributed by atoms with Gasteiger partial charge in [0.25, 0.3) is 0 Å². The van der Waals surface area contributed by atoms with Gasteiger partial charge in [0.05, 0.1) is 28.7 Å². The van der Waals surface area contributed by atoms with Crippen LogP contribution in [0.2, 0.25) is 0 Å². The number of morpholine rings is 2. The third kappa shape index (κ3) is 5.96. The number of fused-ring (bicyclic) bond motifs is 2. The Labute approximate surface area is 195 Å². The first-order chi connectivity index (χ1) is 15.8. The van der Waals surface area contributed by atoms with Gasteiger partial charge in [-0.1, -0.05) is 12.1 Å². The number of hydrogen-bond donors (Lipinski definition) is 0. The van der Waals surface area contributed by atoms with Gasteiger partial charge in [-0.3, -0.25) is 9.80 Å². The van der Waals surface area contributed by atoms with E-state index in [1.54, 1.807) is 7.05 Å². The van der Waals surface area contributed by atoms with E-state index in [0.717, 1.165) is 44.7 Å². The molecule has 2 fully saturated rings. The third-order valence-electron chi connectivity index (χ3n) is 6.28. The molecule has 2 aromatic carbocycles. The monoisotopic (exact) mass is 472 g/mol. The Morgan fingerprint density at radius 1 is 1.00 bits per heavy atom. The molecule has 2 aromatic rings. The lowest BCUT2D eigenvalue weighted by molar-refractivity contribution is -0.138. The zero-order valence-corrected chi connectivity index (χ0v) is 19.5. The summed E-state index contributed by atoms with van der Waals surface area (Å²) in [6, 6.07) is 14.7. The van der Waals surface area contributed by atoms with Crippen molar-refractivity contribution >= 4 is 10.0 Å². The highest BCUT2D eigenvalue weighted by molar-refractivity contribution is 7.89. The topological polar surface area (TPSA) is 76.9 Å². The van der Waals surface area contributed by atoms with Crippen LogP contribution in [-0.4, -0.2) is 87.6 Å². The number of nitriles is 1. The molecule has 176 valence electrons. The van der Waals surface area contributed by atoms with Crippen molar-refractivity contribution in [3.63, 3.8) is 0 Å². The van der Waals surface area contributed by atoms with Crippen LogP contribution in [0.15, 0.2) is 53.4 Å². The van der Waals surface area contributed by atoms with Crippen LogP contribution in [-0.2, 0) is 21.2 Å². The fourth-order valence-corrected chi connectivity index (χ4v) is 5.61. The maximum Gasteiger partial charge on any atom is 0.242 e. The standard InChI is InChI=1S/C24H29FN4O3S/c1-27(33(30,31)24-8-4-20(14-26)5-9-24)12-13-29-17-22-15-28(16-23(18-29)32-22)11-10-19-2-6-21(25)7-3-19/h2-9,22-23H,10-13,15-18H2,1H3. The highest BCUT2D eigenvalue weighted by Crippen LogP contribution is 2.20. The summed E-state index contributed by atoms with van der Waals surface area (Å²) in [6.45, 7) is 5.16. The van der Waals surface area contributed by atoms with Crippen molar-refractivity contribution in [2.24, 2.45) is 0 Å². The highest BCUT2D eigenvalue weighted by Gasteiger charge is 2.35. The molecule has 0 aliphatic carbocycles. The molecule has 9 heteroatoms. The number of likely N-dealkylation sites (N-methyl/N-ethyl adjacent to an activating group) is 1. The Bertz CT molecular complexity index is 1070. The molecule has 4 rings (SSSR count). The van der Waals surface area contributed by atoms with E-state index in [0.29, 0.717) is 18.7 Å². The predicted molar refractivity (Wildman–Crippen MR) is 123 cm³/mol. The molecule has 0 N–H and O–H groups in total. The van der Waals surface area contributed by atoms with Crippen molar-refractivity contribution in [1.29, 1.82) is 5.26 Å². The first kappa shape index (κ1) is 23.8. The smallest absolute Gasteiger partial charge is 0.242 e. The number of benzene rings is 2. The summed E-state index contributed by atoms with van der Waals surface area (Å²) >= 11 is 0. The zero-order valence-electron chi connectivity index (χ0n) is 18.7. The summed E-state index contributed by atoms with van der Waals surface area (Å²) in [5.41, 5.74) is 1.56. The van der Waals surface area contributed by atoms with E-state index in [4.69, 9.17) is 10.00 Å². The van der Waals surface area contributed by atoms with Gasteiger partial charge in [0.1, 0.15) is 5.82 Å². The average Bonchev–Trinajstić information content (AvgIpc) is 2.81. The Morgan fingerprint density at radius 3 is 2.15 bits per heavy atom. The van der Waals surface area contributed by atoms with E-state index in [1.807, 2.05) is 18.2 Å². The number of halogens is 1. The normalized spacial score (nSPS) is 21.8. The summed E-state index contributed by atoms with van der Waals surface area (Å²) in [5.74, 6) is -0.213. The van der Waals surface area contributed by atoms with E-state index in [-0.39, 0.29) is 22.9 Å². The van der Waals surface area contributed by atoms with Crippen molar-refractivity contribution < 1.29 is 17.5 Å². The molecule has 33 heavy (non-hydrogen) atoms. The van der Waals surface area contributed by atoms with Crippen LogP contribution in [0.4, 0.5) is 4.39 Å². The van der Waals surface area contributed by atoms with Crippen LogP contribution in [0.5, 0.6) is 0 Å². The minimum absolute atomic E-state index is 0.103. The Morgan fingerprint density at radius 2 is 1.58 bits per heavy atom. The van der Waals surface area contributed by atoms with Crippen LogP contribution in [0.1, 0.15) is 11.1 Å². The molecule has 2 atom stereocenters. The van der Waals surface area contributed by atoms with Gasteiger partial charge in [0.15, 0.2) is 0 Å². The van der Waals surface area contributed by atoms with E-state index >= 15 is 0 Å². The average molecular weight is 473 g/mol. The van der Waals surface area contributed by atoms with Crippen molar-refractivity contribution in [3.05, 3.63) is 65.5 Å². The molecule has 2 bridgehead atoms. The molecule has 0 spiro atoms. The number of ether oxygens (including phenoxy) is 1. The van der Waals surface area contributed by atoms with Crippen molar-refractivity contribution in [3.8, 4) is 6.07 Å². The van der Waals surface area contributed by atoms with Gasteiger partial charge in [-0.15, -0.1) is 0 Å². The van der Waals surface area contributed by atoms with Crippen LogP contribution in [0.3, 0.4) is 0 Å². The Balaban J connectivity index is 1.26. The van der Waals surface area contributed by atoms with E-state index in [9.17, 15) is 12.8 Å². The van der Waals surface area contributed by atoms with Gasteiger partial charge < -0.3 is 4.74 Å². The lowest BCUT2D eigenvalue weighted by Gasteiger charge is -2.46. The van der Waals surface area contributed by atoms with Crippen molar-refractivity contribution in [1.82, 2.24) is 14.1 Å². The second-order valence-corrected chi connectivity index (χ2v) is 10.8. The number of rotatable bonds is 8. The first-order valence-electron chi connectivity index (χ1n) is 11.1. The molecule has 2 aliphatic heterocycles. The van der Waals surface area contributed by atoms with Gasteiger partial charge in [0.2, 0.25) is 10.0 Å². The largest absolute Gasteiger partial charge is 0.370 e. The second-order valence-electron chi connectivity index (χ2n) is 8.74. The van der Waals surface area contributed by atoms with Crippen LogP contribution in [0.25, 0.3) is 0 Å². The fourth-order valence-electron chi connectivity index (χ4n) is 4.45. The van der Waals surface area contributed by atoms with Crippen molar-refractivity contribution in [2.75, 3.05) is 52.9 Å². The number of hydrogen-bond acceptors (Lipinski definition) is 6. The van der Waals surface area contributed by atoms with Gasteiger partial charge in [0, 0.05) is 52.9 Å². The van der Waals surface area contributed by atoms with Crippen molar-refractivity contribution in [2.45, 2.75) is 23.5 Å². The highest BCUT2D eigenvalue weighted by atomic mass is 32.2. The summed E-state index contributed by atoms with van der Waals surface area (Å²) in [6.07, 6.45) is 1.08. The SMILES string of the molecule is CN(CCN1CC2CN(CCc3ccc(F)cc3)CC(C1)O2)S(=O)(=O)c1ccc(C#N)cc1. The minimum Gasteiger partial charge on any atom is -0.370 e. The fraction of sp³-hybridized carbons (Fsp3) is 0.458. The van der Waals surface area contributed by atoms with E-state index < -0.39 is 10.0 Å². The summed E-state index contributed by atoms with van der Waals surface area (Å²) in [4.78, 5) is 4.88. The number of sulfonamides is 1. The molecule has 0 aromatic heterocycles. The molecule has 0 radical (unpaired) electrons. The maximum atomic E-state index is 13.1. The summed E-state index contributed by atoms with van der Waals surface area (Å²) < 4.78 is 46.2. The minimum atomic E-state index is -3.59. The molecule has 7 nitrogen and oxygen atoms in total. The molecular weight excluding hydrogens is 443 g/mol. The molecule has 2 unspecified atom stereocenters. The van der Waals surface area contributed by atoms with Gasteiger partial charge in [-0.25, -0.2) is 12.8 Å². The lowest BCUT2D eigenvalue weighted by atomic mass is 10.1. The second kappa shape index (κ2) is 10.3. The molecular formula is C24H29FN4O3S. The zero-order chi connectivity index (χ0) is 23.4. The van der Waals surface area contributed by atoms with Crippen LogP contribution < -0.4 is 0 Å². The van der Waals surface area contributed by atoms with E-state index in [2.05, 4.69) is 9.80 Å². The van der Waals surface area contributed by atoms with Crippen LogP contribution in [0, 0.1) is 17.1 Å². The number of nitrogens with zero attached hydrogens (tertiary/aromatic N) is 4. The molecule has 2 heterocycles. The first-order valence-corrected chi connectivity index (χ1v) is 12.6.